The summed E-state index contributed by atoms with van der Waals surface area (Å²) in [6, 6.07) is 83.5. The third-order valence-corrected chi connectivity index (χ3v) is 14.5. The van der Waals surface area contributed by atoms with Gasteiger partial charge in [0.25, 0.3) is 0 Å². The molecule has 1 spiro atoms. The molecule has 1 heterocycles. The largest absolute Gasteiger partial charge is 0.310 e. The van der Waals surface area contributed by atoms with E-state index in [1.165, 1.54) is 103 Å². The van der Waals surface area contributed by atoms with Gasteiger partial charge in [-0.15, -0.1) is 11.3 Å². The summed E-state index contributed by atoms with van der Waals surface area (Å²) < 4.78 is 2.59. The Morgan fingerprint density at radius 1 is 0.328 bits per heavy atom. The molecule has 11 aromatic rings. The summed E-state index contributed by atoms with van der Waals surface area (Å²) in [5.74, 6) is 0. The third kappa shape index (κ3) is 4.88. The summed E-state index contributed by atoms with van der Waals surface area (Å²) in [4.78, 5) is 2.52. The molecule has 284 valence electrons. The van der Waals surface area contributed by atoms with E-state index >= 15 is 0 Å². The lowest BCUT2D eigenvalue weighted by Crippen LogP contribution is -2.26. The fourth-order valence-corrected chi connectivity index (χ4v) is 12.0. The van der Waals surface area contributed by atoms with Crippen molar-refractivity contribution >= 4 is 59.3 Å². The molecule has 0 amide bonds. The highest BCUT2D eigenvalue weighted by atomic mass is 32.1. The predicted molar refractivity (Wildman–Crippen MR) is 259 cm³/mol. The Labute approximate surface area is 359 Å². The van der Waals surface area contributed by atoms with Gasteiger partial charge in [-0.3, -0.25) is 0 Å². The second-order valence-electron chi connectivity index (χ2n) is 16.3. The molecule has 2 aliphatic carbocycles. The molecule has 1 aromatic heterocycles. The minimum absolute atomic E-state index is 0.442. The molecule has 2 heteroatoms. The van der Waals surface area contributed by atoms with Crippen LogP contribution in [0.4, 0.5) is 17.1 Å². The first-order valence-electron chi connectivity index (χ1n) is 21.1. The van der Waals surface area contributed by atoms with Crippen LogP contribution in [-0.2, 0) is 5.41 Å². The Balaban J connectivity index is 1.10. The van der Waals surface area contributed by atoms with Crippen molar-refractivity contribution in [2.24, 2.45) is 0 Å². The van der Waals surface area contributed by atoms with Gasteiger partial charge in [0.2, 0.25) is 0 Å². The zero-order valence-electron chi connectivity index (χ0n) is 33.2. The number of nitrogens with zero attached hydrogens (tertiary/aromatic N) is 1. The quantitative estimate of drug-likeness (QED) is 0.168. The molecular weight excluding hydrogens is 755 g/mol. The van der Waals surface area contributed by atoms with Crippen LogP contribution in [0.15, 0.2) is 224 Å². The van der Waals surface area contributed by atoms with E-state index in [0.29, 0.717) is 0 Å². The number of benzene rings is 10. The van der Waals surface area contributed by atoms with Gasteiger partial charge in [0.1, 0.15) is 0 Å². The fraction of sp³-hybridized carbons (Fsp3) is 0.0169. The highest BCUT2D eigenvalue weighted by molar-refractivity contribution is 7.26. The summed E-state index contributed by atoms with van der Waals surface area (Å²) in [7, 11) is 0. The van der Waals surface area contributed by atoms with E-state index in [1.807, 2.05) is 11.3 Å². The number of anilines is 3. The average Bonchev–Trinajstić information content (AvgIpc) is 3.97. The first kappa shape index (κ1) is 34.4. The maximum Gasteiger partial charge on any atom is 0.0726 e. The fourth-order valence-electron chi connectivity index (χ4n) is 10.8. The van der Waals surface area contributed by atoms with Crippen LogP contribution < -0.4 is 4.90 Å². The van der Waals surface area contributed by atoms with Crippen LogP contribution in [0.25, 0.3) is 75.5 Å². The van der Waals surface area contributed by atoms with Crippen LogP contribution in [0, 0.1) is 0 Å². The van der Waals surface area contributed by atoms with Crippen molar-refractivity contribution < 1.29 is 0 Å². The average molecular weight is 792 g/mol. The van der Waals surface area contributed by atoms with Gasteiger partial charge in [-0.2, -0.15) is 0 Å². The topological polar surface area (TPSA) is 3.24 Å². The molecule has 0 saturated heterocycles. The SMILES string of the molecule is c1ccc(-c2ccc(N(c3ccc4c(c3)C3(c5ccccc5-c5ccccc53)c3ccccc3-4)c3cccc4sc5c6ccccc6c(-c6ccccc6)cc5c34)cc2)cc1. The number of fused-ring (bicyclic) bond motifs is 15. The molecule has 0 fully saturated rings. The Hall–Kier alpha value is -7.52. The van der Waals surface area contributed by atoms with Crippen LogP contribution in [0.3, 0.4) is 0 Å². The van der Waals surface area contributed by atoms with Crippen LogP contribution in [0.1, 0.15) is 22.3 Å². The van der Waals surface area contributed by atoms with Gasteiger partial charge in [0.05, 0.1) is 11.1 Å². The van der Waals surface area contributed by atoms with Gasteiger partial charge < -0.3 is 4.90 Å². The summed E-state index contributed by atoms with van der Waals surface area (Å²) in [5, 5.41) is 5.12. The van der Waals surface area contributed by atoms with Gasteiger partial charge in [0.15, 0.2) is 0 Å². The summed E-state index contributed by atoms with van der Waals surface area (Å²) >= 11 is 1.90. The number of hydrogen-bond donors (Lipinski definition) is 0. The standard InChI is InChI=1S/C59H37NS/c1-3-16-38(17-4-1)39-30-32-41(33-31-39)60(55-28-15-29-56-57(55)50-37-49(40-18-5-2-6-19-40)43-20-7-8-24-48(43)58(50)61-56)42-34-35-47-46-23-11-14-27-53(46)59(54(47)36-42)51-25-12-9-21-44(51)45-22-10-13-26-52(45)59/h1-37H. The Kier molecular flexibility index (Phi) is 7.46. The summed E-state index contributed by atoms with van der Waals surface area (Å²) in [6.45, 7) is 0. The van der Waals surface area contributed by atoms with Crippen molar-refractivity contribution in [2.45, 2.75) is 5.41 Å². The second kappa shape index (κ2) is 13.2. The first-order valence-corrected chi connectivity index (χ1v) is 21.9. The van der Waals surface area contributed by atoms with Crippen molar-refractivity contribution in [1.29, 1.82) is 0 Å². The highest BCUT2D eigenvalue weighted by Crippen LogP contribution is 2.63. The molecule has 0 N–H and O–H groups in total. The van der Waals surface area contributed by atoms with Crippen molar-refractivity contribution in [1.82, 2.24) is 0 Å². The molecule has 0 bridgehead atoms. The van der Waals surface area contributed by atoms with E-state index in [2.05, 4.69) is 229 Å². The van der Waals surface area contributed by atoms with Gasteiger partial charge in [-0.25, -0.2) is 0 Å². The van der Waals surface area contributed by atoms with Crippen LogP contribution in [-0.4, -0.2) is 0 Å². The summed E-state index contributed by atoms with van der Waals surface area (Å²) in [5.41, 5.74) is 18.5. The summed E-state index contributed by atoms with van der Waals surface area (Å²) in [6.07, 6.45) is 0. The normalized spacial score (nSPS) is 13.0. The molecule has 0 atom stereocenters. The Morgan fingerprint density at radius 3 is 1.51 bits per heavy atom. The maximum absolute atomic E-state index is 2.52. The van der Waals surface area contributed by atoms with E-state index in [1.54, 1.807) is 0 Å². The predicted octanol–water partition coefficient (Wildman–Crippen LogP) is 16.4. The molecule has 1 nitrogen and oxygen atoms in total. The number of rotatable bonds is 5. The molecule has 0 radical (unpaired) electrons. The van der Waals surface area contributed by atoms with E-state index in [4.69, 9.17) is 0 Å². The van der Waals surface area contributed by atoms with E-state index in [9.17, 15) is 0 Å². The minimum Gasteiger partial charge on any atom is -0.310 e. The molecule has 0 aliphatic heterocycles. The molecule has 10 aromatic carbocycles. The van der Waals surface area contributed by atoms with Crippen LogP contribution in [0.5, 0.6) is 0 Å². The molecule has 61 heavy (non-hydrogen) atoms. The highest BCUT2D eigenvalue weighted by Gasteiger charge is 2.51. The number of hydrogen-bond acceptors (Lipinski definition) is 2. The zero-order valence-corrected chi connectivity index (χ0v) is 34.0. The third-order valence-electron chi connectivity index (χ3n) is 13.3. The van der Waals surface area contributed by atoms with Crippen molar-refractivity contribution in [3.63, 3.8) is 0 Å². The lowest BCUT2D eigenvalue weighted by atomic mass is 9.70. The second-order valence-corrected chi connectivity index (χ2v) is 17.4. The molecule has 13 rings (SSSR count). The van der Waals surface area contributed by atoms with E-state index < -0.39 is 5.41 Å². The van der Waals surface area contributed by atoms with Crippen LogP contribution in [0.2, 0.25) is 0 Å². The lowest BCUT2D eigenvalue weighted by Gasteiger charge is -2.32. The molecule has 2 aliphatic rings. The van der Waals surface area contributed by atoms with E-state index in [0.717, 1.165) is 11.4 Å². The molecule has 0 saturated carbocycles. The van der Waals surface area contributed by atoms with Gasteiger partial charge in [-0.05, 0) is 115 Å². The maximum atomic E-state index is 2.52. The Bertz CT molecular complexity index is 3460. The zero-order chi connectivity index (χ0) is 40.1. The first-order chi connectivity index (χ1) is 30.3. The molecule has 0 unspecified atom stereocenters. The minimum atomic E-state index is -0.442. The lowest BCUT2D eigenvalue weighted by molar-refractivity contribution is 0.793. The van der Waals surface area contributed by atoms with Crippen molar-refractivity contribution in [3.8, 4) is 44.5 Å². The van der Waals surface area contributed by atoms with Gasteiger partial charge in [0, 0.05) is 36.9 Å². The van der Waals surface area contributed by atoms with Crippen molar-refractivity contribution in [3.05, 3.63) is 247 Å². The van der Waals surface area contributed by atoms with Crippen LogP contribution >= 0.6 is 11.3 Å². The monoisotopic (exact) mass is 791 g/mol. The van der Waals surface area contributed by atoms with Crippen molar-refractivity contribution in [2.75, 3.05) is 4.90 Å². The Morgan fingerprint density at radius 2 is 0.852 bits per heavy atom. The smallest absolute Gasteiger partial charge is 0.0726 e. The van der Waals surface area contributed by atoms with Gasteiger partial charge >= 0.3 is 0 Å². The van der Waals surface area contributed by atoms with Gasteiger partial charge in [-0.1, -0.05) is 182 Å². The molecular formula is C59H37NS. The number of thiophene rings is 1. The van der Waals surface area contributed by atoms with E-state index in [-0.39, 0.29) is 0 Å².